The number of amides is 5. The highest BCUT2D eigenvalue weighted by Crippen LogP contribution is 2.25. The van der Waals surface area contributed by atoms with E-state index in [0.717, 1.165) is 9.80 Å². The van der Waals surface area contributed by atoms with Crippen molar-refractivity contribution in [3.8, 4) is 0 Å². The maximum atomic E-state index is 12.4. The number of carbonyl (C=O) groups excluding carboxylic acids is 4. The van der Waals surface area contributed by atoms with Gasteiger partial charge < -0.3 is 10.1 Å². The maximum absolute atomic E-state index is 12.4. The van der Waals surface area contributed by atoms with Crippen LogP contribution in [0, 0.1) is 0 Å². The van der Waals surface area contributed by atoms with Crippen molar-refractivity contribution in [2.75, 3.05) is 20.4 Å². The first-order valence-corrected chi connectivity index (χ1v) is 6.62. The second-order valence-corrected chi connectivity index (χ2v) is 4.94. The smallest absolute Gasteiger partial charge is 0.325 e. The summed E-state index contributed by atoms with van der Waals surface area (Å²) in [6.45, 7) is -0.273. The minimum Gasteiger partial charge on any atom is -0.358 e. The summed E-state index contributed by atoms with van der Waals surface area (Å²) < 4.78 is 5.16. The van der Waals surface area contributed by atoms with Crippen LogP contribution in [0.4, 0.5) is 4.79 Å². The summed E-state index contributed by atoms with van der Waals surface area (Å²) in [6, 6.07) is 4.53. The number of hydrogen-bond acceptors (Lipinski definition) is 5. The summed E-state index contributed by atoms with van der Waals surface area (Å²) in [7, 11) is 1.29. The molecule has 2 aliphatic heterocycles. The number of rotatable bonds is 1. The fourth-order valence-electron chi connectivity index (χ4n) is 2.47. The largest absolute Gasteiger partial charge is 0.358 e. The van der Waals surface area contributed by atoms with Crippen molar-refractivity contribution >= 4 is 23.8 Å². The van der Waals surface area contributed by atoms with E-state index >= 15 is 0 Å². The molecule has 2 heterocycles. The van der Waals surface area contributed by atoms with Crippen LogP contribution in [0.3, 0.4) is 0 Å². The van der Waals surface area contributed by atoms with Gasteiger partial charge in [-0.3, -0.25) is 24.2 Å². The summed E-state index contributed by atoms with van der Waals surface area (Å²) >= 11 is 0. The Hall–Kier alpha value is -2.74. The van der Waals surface area contributed by atoms with E-state index in [1.54, 1.807) is 12.1 Å². The van der Waals surface area contributed by atoms with E-state index in [0.29, 0.717) is 0 Å². The van der Waals surface area contributed by atoms with Gasteiger partial charge in [0.2, 0.25) is 0 Å². The second kappa shape index (κ2) is 5.23. The fourth-order valence-corrected chi connectivity index (χ4v) is 2.47. The number of ether oxygens (including phenoxy) is 1. The van der Waals surface area contributed by atoms with Crippen molar-refractivity contribution in [2.45, 2.75) is 6.04 Å². The van der Waals surface area contributed by atoms with Gasteiger partial charge in [-0.15, -0.1) is 0 Å². The summed E-state index contributed by atoms with van der Waals surface area (Å²) in [4.78, 5) is 50.6. The molecule has 8 heteroatoms. The predicted octanol–water partition coefficient (Wildman–Crippen LogP) is -0.193. The lowest BCUT2D eigenvalue weighted by atomic mass is 10.1. The molecule has 0 aliphatic carbocycles. The Morgan fingerprint density at radius 1 is 1.09 bits per heavy atom. The first kappa shape index (κ1) is 14.2. The number of hydrogen-bond donors (Lipinski definition) is 1. The van der Waals surface area contributed by atoms with Crippen molar-refractivity contribution in [2.24, 2.45) is 0 Å². The van der Waals surface area contributed by atoms with Crippen LogP contribution in [-0.2, 0) is 9.53 Å². The van der Waals surface area contributed by atoms with Gasteiger partial charge in [0.15, 0.2) is 0 Å². The number of nitrogens with zero attached hydrogens (tertiary/aromatic N) is 2. The van der Waals surface area contributed by atoms with Gasteiger partial charge in [-0.25, -0.2) is 4.79 Å². The molecular formula is C14H13N3O5. The topological polar surface area (TPSA) is 96.0 Å². The highest BCUT2D eigenvalue weighted by atomic mass is 16.5. The van der Waals surface area contributed by atoms with E-state index in [2.05, 4.69) is 5.32 Å². The Balaban J connectivity index is 1.96. The molecule has 1 unspecified atom stereocenters. The molecule has 1 N–H and O–H groups in total. The summed E-state index contributed by atoms with van der Waals surface area (Å²) in [5.74, 6) is -1.79. The van der Waals surface area contributed by atoms with Crippen LogP contribution in [0.1, 0.15) is 20.7 Å². The van der Waals surface area contributed by atoms with Crippen LogP contribution in [0.5, 0.6) is 0 Å². The van der Waals surface area contributed by atoms with Gasteiger partial charge in [0.05, 0.1) is 17.7 Å². The average Bonchev–Trinajstić information content (AvgIpc) is 2.77. The lowest BCUT2D eigenvalue weighted by Crippen LogP contribution is -2.57. The maximum Gasteiger partial charge on any atom is 0.325 e. The molecular weight excluding hydrogens is 290 g/mol. The first-order chi connectivity index (χ1) is 10.5. The molecule has 2 aliphatic rings. The van der Waals surface area contributed by atoms with Gasteiger partial charge in [-0.2, -0.15) is 0 Å². The Morgan fingerprint density at radius 2 is 1.68 bits per heavy atom. The van der Waals surface area contributed by atoms with Crippen molar-refractivity contribution < 1.29 is 23.9 Å². The normalized spacial score (nSPS) is 22.3. The minimum absolute atomic E-state index is 0.101. The zero-order chi connectivity index (χ0) is 15.9. The van der Waals surface area contributed by atoms with E-state index in [-0.39, 0.29) is 24.5 Å². The number of likely N-dealkylation sites (N-methyl/N-ethyl adjacent to an activating group) is 1. The molecule has 8 nitrogen and oxygen atoms in total. The van der Waals surface area contributed by atoms with E-state index in [4.69, 9.17) is 4.74 Å². The molecule has 1 fully saturated rings. The monoisotopic (exact) mass is 303 g/mol. The summed E-state index contributed by atoms with van der Waals surface area (Å²) in [5.41, 5.74) is 0.490. The Morgan fingerprint density at radius 3 is 2.27 bits per heavy atom. The third-order valence-corrected chi connectivity index (χ3v) is 3.66. The van der Waals surface area contributed by atoms with Gasteiger partial charge in [-0.1, -0.05) is 12.1 Å². The van der Waals surface area contributed by atoms with E-state index in [1.807, 2.05) is 0 Å². The van der Waals surface area contributed by atoms with Crippen molar-refractivity contribution in [3.63, 3.8) is 0 Å². The van der Waals surface area contributed by atoms with E-state index in [9.17, 15) is 19.2 Å². The second-order valence-electron chi connectivity index (χ2n) is 4.94. The number of urea groups is 1. The molecule has 0 spiro atoms. The molecule has 0 saturated carbocycles. The lowest BCUT2D eigenvalue weighted by molar-refractivity contribution is -0.134. The molecule has 22 heavy (non-hydrogen) atoms. The highest BCUT2D eigenvalue weighted by molar-refractivity contribution is 6.23. The molecule has 1 saturated heterocycles. The average molecular weight is 303 g/mol. The SMILES string of the molecule is CN1C(=O)NCOCC(N2C(=O)c3ccccc3C2=O)C1=O. The van der Waals surface area contributed by atoms with Crippen LogP contribution < -0.4 is 5.32 Å². The zero-order valence-corrected chi connectivity index (χ0v) is 11.7. The van der Waals surface area contributed by atoms with Gasteiger partial charge in [-0.05, 0) is 12.1 Å². The van der Waals surface area contributed by atoms with Crippen LogP contribution in [0.2, 0.25) is 0 Å². The molecule has 0 radical (unpaired) electrons. The Kier molecular flexibility index (Phi) is 3.38. The Labute approximate surface area is 125 Å². The van der Waals surface area contributed by atoms with Crippen LogP contribution >= 0.6 is 0 Å². The number of fused-ring (bicyclic) bond motifs is 1. The zero-order valence-electron chi connectivity index (χ0n) is 11.7. The summed E-state index contributed by atoms with van der Waals surface area (Å²) in [5, 5.41) is 2.37. The molecule has 1 atom stereocenters. The standard InChI is InChI=1S/C14H13N3O5/c1-16-13(20)10(6-22-7-15-14(16)21)17-11(18)8-4-2-3-5-9(8)12(17)19/h2-5,10H,6-7H2,1H3,(H,15,21). The Bertz CT molecular complexity index is 652. The van der Waals surface area contributed by atoms with Gasteiger partial charge in [0.25, 0.3) is 17.7 Å². The number of carbonyl (C=O) groups is 4. The van der Waals surface area contributed by atoms with Crippen LogP contribution in [0.15, 0.2) is 24.3 Å². The first-order valence-electron chi connectivity index (χ1n) is 6.62. The fraction of sp³-hybridized carbons (Fsp3) is 0.286. The minimum atomic E-state index is -1.16. The molecule has 0 aromatic heterocycles. The third kappa shape index (κ3) is 2.04. The predicted molar refractivity (Wildman–Crippen MR) is 72.9 cm³/mol. The molecule has 0 bridgehead atoms. The number of imide groups is 2. The highest BCUT2D eigenvalue weighted by Gasteiger charge is 2.44. The van der Waals surface area contributed by atoms with Crippen molar-refractivity contribution in [3.05, 3.63) is 35.4 Å². The van der Waals surface area contributed by atoms with Gasteiger partial charge >= 0.3 is 6.03 Å². The third-order valence-electron chi connectivity index (χ3n) is 3.66. The quantitative estimate of drug-likeness (QED) is 0.725. The van der Waals surface area contributed by atoms with E-state index < -0.39 is 29.8 Å². The van der Waals surface area contributed by atoms with E-state index in [1.165, 1.54) is 19.2 Å². The number of benzene rings is 1. The number of nitrogens with one attached hydrogen (secondary N) is 1. The lowest BCUT2D eigenvalue weighted by Gasteiger charge is -2.30. The van der Waals surface area contributed by atoms with Crippen LogP contribution in [-0.4, -0.2) is 60.0 Å². The van der Waals surface area contributed by atoms with Gasteiger partial charge in [0.1, 0.15) is 12.8 Å². The molecule has 3 rings (SSSR count). The van der Waals surface area contributed by atoms with Crippen molar-refractivity contribution in [1.82, 2.24) is 15.1 Å². The van der Waals surface area contributed by atoms with Crippen LogP contribution in [0.25, 0.3) is 0 Å². The molecule has 1 aromatic carbocycles. The summed E-state index contributed by atoms with van der Waals surface area (Å²) in [6.07, 6.45) is 0. The van der Waals surface area contributed by atoms with Gasteiger partial charge in [0, 0.05) is 7.05 Å². The van der Waals surface area contributed by atoms with Crippen molar-refractivity contribution in [1.29, 1.82) is 0 Å². The molecule has 114 valence electrons. The molecule has 1 aromatic rings. The molecule has 5 amide bonds.